The van der Waals surface area contributed by atoms with Crippen LogP contribution >= 0.6 is 0 Å². The highest BCUT2D eigenvalue weighted by Gasteiger charge is 2.06. The van der Waals surface area contributed by atoms with E-state index in [0.29, 0.717) is 0 Å². The van der Waals surface area contributed by atoms with Crippen LogP contribution in [0.1, 0.15) is 11.1 Å². The summed E-state index contributed by atoms with van der Waals surface area (Å²) in [5, 5.41) is 28.9. The van der Waals surface area contributed by atoms with E-state index in [1.165, 1.54) is 0 Å². The van der Waals surface area contributed by atoms with Crippen molar-refractivity contribution in [1.82, 2.24) is 5.43 Å². The summed E-state index contributed by atoms with van der Waals surface area (Å²) >= 11 is 0. The van der Waals surface area contributed by atoms with Crippen molar-refractivity contribution in [2.45, 2.75) is 6.92 Å². The highest BCUT2D eigenvalue weighted by Crippen LogP contribution is 2.19. The summed E-state index contributed by atoms with van der Waals surface area (Å²) in [6.45, 7) is 1.91. The molecule has 0 saturated carbocycles. The lowest BCUT2D eigenvalue weighted by Gasteiger charge is -2.09. The van der Waals surface area contributed by atoms with E-state index in [2.05, 4.69) is 15.8 Å². The van der Waals surface area contributed by atoms with Gasteiger partial charge in [-0.3, -0.25) is 14.9 Å². The highest BCUT2D eigenvalue weighted by molar-refractivity contribution is 5.86. The number of hydrogen-bond acceptors (Lipinski definition) is 6. The van der Waals surface area contributed by atoms with Crippen LogP contribution in [0.4, 0.5) is 11.4 Å². The van der Waals surface area contributed by atoms with Gasteiger partial charge in [0.25, 0.3) is 11.6 Å². The van der Waals surface area contributed by atoms with E-state index in [1.54, 1.807) is 0 Å². The highest BCUT2D eigenvalue weighted by atomic mass is 16.6. The molecule has 2 N–H and O–H groups in total. The first-order valence-corrected chi connectivity index (χ1v) is 7.04. The van der Waals surface area contributed by atoms with Crippen LogP contribution in [0.15, 0.2) is 47.6 Å². The minimum atomic E-state index is -0.610. The number of nitrogens with zero attached hydrogens (tertiary/aromatic N) is 2. The second-order valence-electron chi connectivity index (χ2n) is 4.94. The minimum absolute atomic E-state index is 0.00135. The lowest BCUT2D eigenvalue weighted by molar-refractivity contribution is -0.385. The standard InChI is InChI=1S/C16H16N4O4/c1-11-4-2-3-5-14(11)17-10-16(22)19-18-9-12-8-13(20(23)24)6-7-15(12)21/h2-9,17,21H,10H2,1H3,(H,19,22)/p-1. The van der Waals surface area contributed by atoms with Gasteiger partial charge < -0.3 is 10.4 Å². The van der Waals surface area contributed by atoms with E-state index in [1.807, 2.05) is 31.2 Å². The fourth-order valence-corrected chi connectivity index (χ4v) is 1.91. The number of nitro benzene ring substituents is 1. The number of amides is 1. The summed E-state index contributed by atoms with van der Waals surface area (Å²) in [6.07, 6.45) is 1.08. The molecule has 2 aromatic carbocycles. The molecule has 0 spiro atoms. The van der Waals surface area contributed by atoms with Gasteiger partial charge in [0.1, 0.15) is 0 Å². The van der Waals surface area contributed by atoms with Crippen LogP contribution in [-0.2, 0) is 4.79 Å². The Morgan fingerprint density at radius 3 is 2.75 bits per heavy atom. The van der Waals surface area contributed by atoms with Crippen LogP contribution in [0.3, 0.4) is 0 Å². The number of benzene rings is 2. The van der Waals surface area contributed by atoms with Gasteiger partial charge in [-0.15, -0.1) is 0 Å². The Kier molecular flexibility index (Phi) is 5.45. The zero-order chi connectivity index (χ0) is 17.5. The second kappa shape index (κ2) is 7.73. The first-order chi connectivity index (χ1) is 11.5. The summed E-state index contributed by atoms with van der Waals surface area (Å²) < 4.78 is 0. The molecule has 8 nitrogen and oxygen atoms in total. The van der Waals surface area contributed by atoms with Crippen molar-refractivity contribution in [2.75, 3.05) is 11.9 Å². The maximum Gasteiger partial charge on any atom is 0.270 e. The Bertz CT molecular complexity index is 789. The van der Waals surface area contributed by atoms with Crippen LogP contribution in [0, 0.1) is 17.0 Å². The molecule has 124 valence electrons. The maximum absolute atomic E-state index is 11.7. The normalized spacial score (nSPS) is 10.5. The SMILES string of the molecule is Cc1ccccc1NCC(=O)NN=Cc1cc([N+](=O)[O-])ccc1[O-]. The number of nitro groups is 1. The van der Waals surface area contributed by atoms with E-state index in [4.69, 9.17) is 0 Å². The molecular weight excluding hydrogens is 312 g/mol. The average molecular weight is 327 g/mol. The Hall–Kier alpha value is -3.42. The van der Waals surface area contributed by atoms with Crippen LogP contribution in [-0.4, -0.2) is 23.6 Å². The van der Waals surface area contributed by atoms with Crippen LogP contribution < -0.4 is 15.8 Å². The number of para-hydroxylation sites is 1. The molecular formula is C16H15N4O4-. The zero-order valence-corrected chi connectivity index (χ0v) is 12.9. The first-order valence-electron chi connectivity index (χ1n) is 7.04. The van der Waals surface area contributed by atoms with Gasteiger partial charge in [0, 0.05) is 17.8 Å². The van der Waals surface area contributed by atoms with E-state index >= 15 is 0 Å². The van der Waals surface area contributed by atoms with Gasteiger partial charge in [-0.05, 0) is 24.1 Å². The second-order valence-corrected chi connectivity index (χ2v) is 4.94. The van der Waals surface area contributed by atoms with Crippen molar-refractivity contribution >= 4 is 23.5 Å². The van der Waals surface area contributed by atoms with Crippen molar-refractivity contribution < 1.29 is 14.8 Å². The third-order valence-corrected chi connectivity index (χ3v) is 3.18. The van der Waals surface area contributed by atoms with Gasteiger partial charge in [-0.2, -0.15) is 5.10 Å². The number of rotatable bonds is 6. The molecule has 1 amide bonds. The Morgan fingerprint density at radius 1 is 1.29 bits per heavy atom. The summed E-state index contributed by atoms with van der Waals surface area (Å²) in [5.41, 5.74) is 3.89. The van der Waals surface area contributed by atoms with Crippen LogP contribution in [0.5, 0.6) is 5.75 Å². The molecule has 8 heteroatoms. The zero-order valence-electron chi connectivity index (χ0n) is 12.9. The lowest BCUT2D eigenvalue weighted by Crippen LogP contribution is -2.26. The largest absolute Gasteiger partial charge is 0.872 e. The summed E-state index contributed by atoms with van der Waals surface area (Å²) in [4.78, 5) is 21.8. The van der Waals surface area contributed by atoms with E-state index < -0.39 is 16.6 Å². The molecule has 0 bridgehead atoms. The van der Waals surface area contributed by atoms with Crippen molar-refractivity contribution in [3.8, 4) is 5.75 Å². The minimum Gasteiger partial charge on any atom is -0.872 e. The maximum atomic E-state index is 11.7. The van der Waals surface area contributed by atoms with Crippen molar-refractivity contribution in [3.05, 3.63) is 63.7 Å². The molecule has 0 radical (unpaired) electrons. The molecule has 0 heterocycles. The average Bonchev–Trinajstić information content (AvgIpc) is 2.55. The number of anilines is 1. The number of carbonyl (C=O) groups is 1. The first kappa shape index (κ1) is 16.9. The number of non-ortho nitro benzene ring substituents is 1. The summed E-state index contributed by atoms with van der Waals surface area (Å²) in [5.74, 6) is -0.830. The van der Waals surface area contributed by atoms with Gasteiger partial charge in [0.15, 0.2) is 0 Å². The molecule has 0 aliphatic rings. The van der Waals surface area contributed by atoms with E-state index in [9.17, 15) is 20.0 Å². The smallest absolute Gasteiger partial charge is 0.270 e. The third-order valence-electron chi connectivity index (χ3n) is 3.18. The van der Waals surface area contributed by atoms with E-state index in [-0.39, 0.29) is 17.8 Å². The van der Waals surface area contributed by atoms with Gasteiger partial charge in [0.05, 0.1) is 17.7 Å². The van der Waals surface area contributed by atoms with Crippen LogP contribution in [0.2, 0.25) is 0 Å². The predicted molar refractivity (Wildman–Crippen MR) is 87.9 cm³/mol. The van der Waals surface area contributed by atoms with Gasteiger partial charge in [-0.1, -0.05) is 30.0 Å². The molecule has 24 heavy (non-hydrogen) atoms. The molecule has 0 atom stereocenters. The van der Waals surface area contributed by atoms with E-state index in [0.717, 1.165) is 35.7 Å². The molecule has 0 fully saturated rings. The van der Waals surface area contributed by atoms with Gasteiger partial charge in [-0.25, -0.2) is 5.43 Å². The summed E-state index contributed by atoms with van der Waals surface area (Å²) in [6, 6.07) is 10.8. The molecule has 0 saturated heterocycles. The molecule has 0 aliphatic carbocycles. The van der Waals surface area contributed by atoms with Gasteiger partial charge >= 0.3 is 0 Å². The number of aryl methyl sites for hydroxylation is 1. The third kappa shape index (κ3) is 4.54. The molecule has 2 aromatic rings. The monoisotopic (exact) mass is 327 g/mol. The fourth-order valence-electron chi connectivity index (χ4n) is 1.91. The Labute approximate surface area is 138 Å². The summed E-state index contributed by atoms with van der Waals surface area (Å²) in [7, 11) is 0. The quantitative estimate of drug-likeness (QED) is 0.474. The molecule has 0 aromatic heterocycles. The number of hydrazone groups is 1. The van der Waals surface area contributed by atoms with Crippen molar-refractivity contribution in [3.63, 3.8) is 0 Å². The Balaban J connectivity index is 1.92. The van der Waals surface area contributed by atoms with Crippen LogP contribution in [0.25, 0.3) is 0 Å². The lowest BCUT2D eigenvalue weighted by atomic mass is 10.2. The Morgan fingerprint density at radius 2 is 2.04 bits per heavy atom. The fraction of sp³-hybridized carbons (Fsp3) is 0.125. The number of carbonyl (C=O) groups excluding carboxylic acids is 1. The molecule has 0 unspecified atom stereocenters. The molecule has 0 aliphatic heterocycles. The number of hydrogen-bond donors (Lipinski definition) is 2. The van der Waals surface area contributed by atoms with Crippen molar-refractivity contribution in [2.24, 2.45) is 5.10 Å². The van der Waals surface area contributed by atoms with Gasteiger partial charge in [0.2, 0.25) is 0 Å². The topological polar surface area (TPSA) is 120 Å². The number of nitrogens with one attached hydrogen (secondary N) is 2. The predicted octanol–water partition coefficient (Wildman–Crippen LogP) is 1.54. The molecule has 2 rings (SSSR count). The van der Waals surface area contributed by atoms with Crippen molar-refractivity contribution in [1.29, 1.82) is 0 Å².